The van der Waals surface area contributed by atoms with Crippen LogP contribution >= 0.6 is 11.8 Å². The molecule has 2 amide bonds. The fourth-order valence-electron chi connectivity index (χ4n) is 7.31. The van der Waals surface area contributed by atoms with E-state index in [-0.39, 0.29) is 30.3 Å². The van der Waals surface area contributed by atoms with Crippen molar-refractivity contribution in [3.63, 3.8) is 0 Å². The van der Waals surface area contributed by atoms with Crippen molar-refractivity contribution in [3.8, 4) is 16.9 Å². The normalized spacial score (nSPS) is 16.6. The second-order valence-corrected chi connectivity index (χ2v) is 14.6. The second-order valence-electron chi connectivity index (χ2n) is 13.3. The summed E-state index contributed by atoms with van der Waals surface area (Å²) in [5.74, 6) is 2.87. The Hall–Kier alpha value is -5.44. The van der Waals surface area contributed by atoms with Gasteiger partial charge in [0.1, 0.15) is 11.4 Å². The van der Waals surface area contributed by atoms with Crippen LogP contribution in [-0.4, -0.2) is 123 Å². The number of ether oxygens (including phenoxy) is 1. The number of fused-ring (bicyclic) bond motifs is 1. The number of amides is 2. The number of aromatic nitrogens is 6. The van der Waals surface area contributed by atoms with Crippen LogP contribution in [-0.2, 0) is 11.3 Å². The summed E-state index contributed by atoms with van der Waals surface area (Å²) in [6, 6.07) is 11.2. The molecule has 8 rings (SSSR count). The highest BCUT2D eigenvalue weighted by Gasteiger charge is 2.28. The first-order valence-electron chi connectivity index (χ1n) is 18.0. The van der Waals surface area contributed by atoms with Crippen LogP contribution < -0.4 is 14.5 Å². The molecule has 15 heteroatoms. The van der Waals surface area contributed by atoms with Gasteiger partial charge in [0.05, 0.1) is 43.4 Å². The molecular weight excluding hydrogens is 696 g/mol. The minimum atomic E-state index is -0.461. The molecule has 0 bridgehead atoms. The summed E-state index contributed by atoms with van der Waals surface area (Å²) in [6.45, 7) is 5.40. The lowest BCUT2D eigenvalue weighted by Gasteiger charge is -2.35. The molecule has 5 aromatic rings. The zero-order valence-corrected chi connectivity index (χ0v) is 30.4. The Morgan fingerprint density at radius 1 is 0.925 bits per heavy atom. The fraction of sp³-hybridized carbons (Fsp3) is 0.368. The third-order valence-corrected chi connectivity index (χ3v) is 11.1. The molecule has 274 valence electrons. The SMILES string of the molecule is COc1ccccc1-c1cc(C2=CCCN(C(=O)CCn3ccnn3)C2)c(F)c2[nH]c(C(=O)N3CCN(c4cnc(N5CCSCC5)nc4)CC3)cc12. The molecule has 13 nitrogen and oxygen atoms in total. The first kappa shape index (κ1) is 34.6. The van der Waals surface area contributed by atoms with Crippen molar-refractivity contribution in [2.75, 3.05) is 80.8 Å². The highest BCUT2D eigenvalue weighted by molar-refractivity contribution is 7.99. The Morgan fingerprint density at radius 2 is 1.72 bits per heavy atom. The van der Waals surface area contributed by atoms with Crippen molar-refractivity contribution in [2.24, 2.45) is 0 Å². The van der Waals surface area contributed by atoms with Gasteiger partial charge < -0.3 is 29.3 Å². The number of aryl methyl sites for hydroxylation is 1. The van der Waals surface area contributed by atoms with Gasteiger partial charge in [0.15, 0.2) is 5.82 Å². The zero-order valence-electron chi connectivity index (χ0n) is 29.6. The molecule has 2 saturated heterocycles. The predicted octanol–water partition coefficient (Wildman–Crippen LogP) is 4.59. The van der Waals surface area contributed by atoms with E-state index in [0.29, 0.717) is 73.7 Å². The third-order valence-electron chi connectivity index (χ3n) is 10.2. The van der Waals surface area contributed by atoms with Gasteiger partial charge in [-0.05, 0) is 35.8 Å². The predicted molar refractivity (Wildman–Crippen MR) is 204 cm³/mol. The number of piperazine rings is 1. The molecule has 0 spiro atoms. The maximum Gasteiger partial charge on any atom is 0.270 e. The molecule has 3 aliphatic rings. The van der Waals surface area contributed by atoms with Crippen LogP contribution in [0.15, 0.2) is 67.3 Å². The van der Waals surface area contributed by atoms with Crippen molar-refractivity contribution in [1.82, 2.24) is 39.7 Å². The minimum absolute atomic E-state index is 0.0355. The number of H-pyrrole nitrogens is 1. The molecule has 0 saturated carbocycles. The third kappa shape index (κ3) is 7.17. The molecule has 3 aliphatic heterocycles. The number of thioether (sulfide) groups is 1. The van der Waals surface area contributed by atoms with Crippen LogP contribution in [0.3, 0.4) is 0 Å². The summed E-state index contributed by atoms with van der Waals surface area (Å²) >= 11 is 1.95. The molecule has 1 N–H and O–H groups in total. The van der Waals surface area contributed by atoms with E-state index in [2.05, 4.69) is 35.1 Å². The largest absolute Gasteiger partial charge is 0.496 e. The molecule has 53 heavy (non-hydrogen) atoms. The molecule has 2 aromatic carbocycles. The molecule has 0 atom stereocenters. The number of hydrogen-bond acceptors (Lipinski definition) is 10. The number of aromatic amines is 1. The lowest BCUT2D eigenvalue weighted by Crippen LogP contribution is -2.49. The average molecular weight is 737 g/mol. The number of anilines is 2. The maximum absolute atomic E-state index is 16.7. The number of hydrogen-bond donors (Lipinski definition) is 1. The Balaban J connectivity index is 1.04. The minimum Gasteiger partial charge on any atom is -0.496 e. The van der Waals surface area contributed by atoms with Crippen molar-refractivity contribution >= 4 is 51.7 Å². The molecule has 2 fully saturated rings. The standard InChI is InChI=1S/C38H41FN10O3S/c1-52-33-7-3-2-6-28(33)30-21-29(26-5-4-10-48(25-26)34(50)8-11-49-12-9-42-44-49)35(39)36-31(30)22-32(43-36)37(51)46-15-13-45(14-16-46)27-23-40-38(41-24-27)47-17-19-53-20-18-47/h2-3,5-7,9,12,21-24,43H,4,8,10-11,13-20,25H2,1H3. The van der Waals surface area contributed by atoms with E-state index in [4.69, 9.17) is 4.74 Å². The summed E-state index contributed by atoms with van der Waals surface area (Å²) in [6.07, 6.45) is 9.90. The highest BCUT2D eigenvalue weighted by atomic mass is 32.2. The van der Waals surface area contributed by atoms with E-state index in [1.807, 2.05) is 60.6 Å². The van der Waals surface area contributed by atoms with Crippen LogP contribution in [0.4, 0.5) is 16.0 Å². The summed E-state index contributed by atoms with van der Waals surface area (Å²) in [4.78, 5) is 47.6. The lowest BCUT2D eigenvalue weighted by molar-refractivity contribution is -0.131. The summed E-state index contributed by atoms with van der Waals surface area (Å²) < 4.78 is 24.1. The van der Waals surface area contributed by atoms with Crippen molar-refractivity contribution in [3.05, 3.63) is 84.3 Å². The van der Waals surface area contributed by atoms with E-state index in [1.165, 1.54) is 0 Å². The van der Waals surface area contributed by atoms with Gasteiger partial charge in [-0.3, -0.25) is 14.3 Å². The van der Waals surface area contributed by atoms with Gasteiger partial charge in [0.2, 0.25) is 11.9 Å². The number of carbonyl (C=O) groups excluding carboxylic acids is 2. The van der Waals surface area contributed by atoms with Crippen LogP contribution in [0.25, 0.3) is 27.6 Å². The van der Waals surface area contributed by atoms with E-state index in [9.17, 15) is 9.59 Å². The Labute approximate surface area is 310 Å². The smallest absolute Gasteiger partial charge is 0.270 e. The van der Waals surface area contributed by atoms with Gasteiger partial charge >= 0.3 is 0 Å². The molecule has 0 radical (unpaired) electrons. The molecule has 6 heterocycles. The lowest BCUT2D eigenvalue weighted by atomic mass is 9.93. The highest BCUT2D eigenvalue weighted by Crippen LogP contribution is 2.40. The number of nitrogens with zero attached hydrogens (tertiary/aromatic N) is 9. The number of rotatable bonds is 9. The van der Waals surface area contributed by atoms with Crippen LogP contribution in [0.2, 0.25) is 0 Å². The zero-order chi connectivity index (χ0) is 36.3. The average Bonchev–Trinajstić information content (AvgIpc) is 3.92. The Morgan fingerprint density at radius 3 is 2.47 bits per heavy atom. The van der Waals surface area contributed by atoms with Gasteiger partial charge in [-0.15, -0.1) is 5.10 Å². The van der Waals surface area contributed by atoms with E-state index < -0.39 is 5.82 Å². The topological polar surface area (TPSA) is 129 Å². The van der Waals surface area contributed by atoms with E-state index >= 15 is 4.39 Å². The monoisotopic (exact) mass is 736 g/mol. The number of carbonyl (C=O) groups is 2. The quantitative estimate of drug-likeness (QED) is 0.230. The van der Waals surface area contributed by atoms with Crippen molar-refractivity contribution in [1.29, 1.82) is 0 Å². The first-order chi connectivity index (χ1) is 26.0. The number of methoxy groups -OCH3 is 1. The summed E-state index contributed by atoms with van der Waals surface area (Å²) in [5, 5.41) is 8.34. The summed E-state index contributed by atoms with van der Waals surface area (Å²) in [5.41, 5.74) is 4.09. The van der Waals surface area contributed by atoms with Gasteiger partial charge in [0, 0.05) is 93.0 Å². The number of nitrogens with one attached hydrogen (secondary N) is 1. The molecule has 0 unspecified atom stereocenters. The molecule has 0 aliphatic carbocycles. The van der Waals surface area contributed by atoms with Gasteiger partial charge in [0.25, 0.3) is 5.91 Å². The van der Waals surface area contributed by atoms with Crippen LogP contribution in [0.1, 0.15) is 28.9 Å². The first-order valence-corrected chi connectivity index (χ1v) is 19.1. The van der Waals surface area contributed by atoms with Crippen molar-refractivity contribution in [2.45, 2.75) is 19.4 Å². The van der Waals surface area contributed by atoms with E-state index in [0.717, 1.165) is 47.4 Å². The Bertz CT molecular complexity index is 2120. The van der Waals surface area contributed by atoms with Gasteiger partial charge in [-0.25, -0.2) is 14.4 Å². The maximum atomic E-state index is 16.7. The Kier molecular flexibility index (Phi) is 9.98. The van der Waals surface area contributed by atoms with E-state index in [1.54, 1.807) is 40.1 Å². The van der Waals surface area contributed by atoms with Gasteiger partial charge in [-0.2, -0.15) is 11.8 Å². The number of benzene rings is 2. The van der Waals surface area contributed by atoms with Crippen LogP contribution in [0.5, 0.6) is 5.75 Å². The van der Waals surface area contributed by atoms with Crippen LogP contribution in [0, 0.1) is 5.82 Å². The number of para-hydroxylation sites is 1. The fourth-order valence-corrected chi connectivity index (χ4v) is 8.22. The van der Waals surface area contributed by atoms with Crippen molar-refractivity contribution < 1.29 is 18.7 Å². The van der Waals surface area contributed by atoms with Gasteiger partial charge in [-0.1, -0.05) is 29.5 Å². The molecular formula is C38H41FN10O3S. The number of halogens is 1. The summed E-state index contributed by atoms with van der Waals surface area (Å²) in [7, 11) is 1.60. The molecule has 3 aromatic heterocycles. The second kappa shape index (κ2) is 15.3.